The molecule has 4 aromatic rings. The number of hydrogen-bond acceptors (Lipinski definition) is 8. The summed E-state index contributed by atoms with van der Waals surface area (Å²) in [6.07, 6.45) is 3.37. The van der Waals surface area contributed by atoms with Gasteiger partial charge in [-0.25, -0.2) is 0 Å². The molecule has 0 amide bonds. The maximum Gasteiger partial charge on any atom is 0.204 e. The Hall–Kier alpha value is -4.40. The first-order chi connectivity index (χ1) is 22.4. The Morgan fingerprint density at radius 3 is 1.96 bits per heavy atom. The van der Waals surface area contributed by atoms with Crippen molar-refractivity contribution < 1.29 is 28.4 Å². The number of hydrogen-bond donors (Lipinski definition) is 0. The lowest BCUT2D eigenvalue weighted by molar-refractivity contribution is 0.220. The van der Waals surface area contributed by atoms with Gasteiger partial charge in [-0.2, -0.15) is 0 Å². The van der Waals surface area contributed by atoms with Crippen molar-refractivity contribution in [2.24, 2.45) is 0 Å². The number of rotatable bonds is 4. The number of likely N-dealkylation sites (N-methyl/N-ethyl adjacent to an activating group) is 2. The van der Waals surface area contributed by atoms with Crippen LogP contribution in [0.5, 0.6) is 46.0 Å². The minimum absolute atomic E-state index is 0.000437. The third-order valence-corrected chi connectivity index (χ3v) is 9.85. The van der Waals surface area contributed by atoms with Crippen LogP contribution in [0.3, 0.4) is 0 Å². The monoisotopic (exact) mass is 622 g/mol. The highest BCUT2D eigenvalue weighted by Gasteiger charge is 2.34. The third-order valence-electron chi connectivity index (χ3n) is 9.85. The van der Waals surface area contributed by atoms with Crippen molar-refractivity contribution in [3.05, 3.63) is 94.0 Å². The molecule has 4 aromatic carbocycles. The molecule has 4 aliphatic rings. The predicted molar refractivity (Wildman–Crippen MR) is 178 cm³/mol. The van der Waals surface area contributed by atoms with Gasteiger partial charge in [-0.15, -0.1) is 0 Å². The second-order valence-corrected chi connectivity index (χ2v) is 12.5. The van der Waals surface area contributed by atoms with E-state index >= 15 is 0 Å². The van der Waals surface area contributed by atoms with Crippen LogP contribution in [0.25, 0.3) is 0 Å². The molecule has 0 aliphatic carbocycles. The van der Waals surface area contributed by atoms with Crippen molar-refractivity contribution in [2.45, 2.75) is 37.8 Å². The third kappa shape index (κ3) is 5.39. The average Bonchev–Trinajstić information content (AvgIpc) is 3.07. The van der Waals surface area contributed by atoms with Gasteiger partial charge in [0.25, 0.3) is 0 Å². The highest BCUT2D eigenvalue weighted by Crippen LogP contribution is 2.52. The van der Waals surface area contributed by atoms with E-state index in [2.05, 4.69) is 66.4 Å². The molecule has 0 aromatic heterocycles. The molecular weight excluding hydrogens is 580 g/mol. The molecule has 4 aliphatic heterocycles. The Bertz CT molecular complexity index is 1750. The fourth-order valence-electron chi connectivity index (χ4n) is 7.28. The molecular formula is C38H42N2O6. The van der Waals surface area contributed by atoms with Gasteiger partial charge in [0.05, 0.1) is 28.4 Å². The summed E-state index contributed by atoms with van der Waals surface area (Å²) in [4.78, 5) is 4.81. The lowest BCUT2D eigenvalue weighted by atomic mass is 9.87. The van der Waals surface area contributed by atoms with Crippen molar-refractivity contribution in [2.75, 3.05) is 55.6 Å². The molecule has 1 unspecified atom stereocenters. The van der Waals surface area contributed by atoms with Crippen LogP contribution in [0, 0.1) is 0 Å². The number of methoxy groups -OCH3 is 4. The van der Waals surface area contributed by atoms with Crippen LogP contribution in [-0.2, 0) is 25.7 Å². The second kappa shape index (κ2) is 12.4. The van der Waals surface area contributed by atoms with Gasteiger partial charge in [-0.3, -0.25) is 9.80 Å². The summed E-state index contributed by atoms with van der Waals surface area (Å²) in [6, 6.07) is 21.2. The summed E-state index contributed by atoms with van der Waals surface area (Å²) >= 11 is 0. The molecule has 0 fully saturated rings. The summed E-state index contributed by atoms with van der Waals surface area (Å²) in [5.41, 5.74) is 7.15. The van der Waals surface area contributed by atoms with Crippen LogP contribution in [0.15, 0.2) is 60.7 Å². The first kappa shape index (κ1) is 30.3. The van der Waals surface area contributed by atoms with Gasteiger partial charge in [0, 0.05) is 30.7 Å². The van der Waals surface area contributed by atoms with Crippen LogP contribution < -0.4 is 28.4 Å². The van der Waals surface area contributed by atoms with Gasteiger partial charge in [0.1, 0.15) is 5.75 Å². The summed E-state index contributed by atoms with van der Waals surface area (Å²) in [7, 11) is 11.1. The summed E-state index contributed by atoms with van der Waals surface area (Å²) in [5.74, 6) is 5.41. The first-order valence-corrected chi connectivity index (χ1v) is 15.9. The van der Waals surface area contributed by atoms with E-state index in [0.717, 1.165) is 55.6 Å². The van der Waals surface area contributed by atoms with Crippen molar-refractivity contribution in [3.63, 3.8) is 0 Å². The molecule has 46 heavy (non-hydrogen) atoms. The average molecular weight is 623 g/mol. The van der Waals surface area contributed by atoms with E-state index in [1.165, 1.54) is 22.3 Å². The predicted octanol–water partition coefficient (Wildman–Crippen LogP) is 7.16. The zero-order chi connectivity index (χ0) is 31.9. The first-order valence-electron chi connectivity index (χ1n) is 15.9. The fourth-order valence-corrected chi connectivity index (χ4v) is 7.28. The highest BCUT2D eigenvalue weighted by molar-refractivity contribution is 5.64. The topological polar surface area (TPSA) is 61.9 Å². The molecule has 8 nitrogen and oxygen atoms in total. The minimum atomic E-state index is 0.000437. The van der Waals surface area contributed by atoms with E-state index < -0.39 is 0 Å². The summed E-state index contributed by atoms with van der Waals surface area (Å²) in [5, 5.41) is 0. The standard InChI is InChI=1S/C38H42N2O6/c1-39-15-13-25-20-32(42-4)34-22-28(25)29(39)17-23-7-10-27(11-8-23)45-33-19-24(9-12-31(33)41-3)18-30-36-26(14-16-40(30)2)21-35(43-5)37(44-6)38(36)46-34/h7-12,19-22,29-30H,13-18H2,1-6H3/t29?,30-/m1/s1. The number of ether oxygens (including phenoxy) is 6. The molecule has 0 radical (unpaired) electrons. The fraction of sp³-hybridized carbons (Fsp3) is 0.368. The second-order valence-electron chi connectivity index (χ2n) is 12.5. The van der Waals surface area contributed by atoms with E-state index in [-0.39, 0.29) is 12.1 Å². The number of nitrogens with zero attached hydrogens (tertiary/aromatic N) is 2. The van der Waals surface area contributed by atoms with Crippen LogP contribution in [-0.4, -0.2) is 65.4 Å². The Morgan fingerprint density at radius 1 is 0.609 bits per heavy atom. The minimum Gasteiger partial charge on any atom is -0.493 e. The van der Waals surface area contributed by atoms with Gasteiger partial charge in [0.2, 0.25) is 5.75 Å². The van der Waals surface area contributed by atoms with E-state index in [1.807, 2.05) is 18.2 Å². The van der Waals surface area contributed by atoms with Gasteiger partial charge >= 0.3 is 0 Å². The van der Waals surface area contributed by atoms with Crippen molar-refractivity contribution in [3.8, 4) is 46.0 Å². The van der Waals surface area contributed by atoms with E-state index in [1.54, 1.807) is 28.4 Å². The summed E-state index contributed by atoms with van der Waals surface area (Å²) < 4.78 is 37.1. The summed E-state index contributed by atoms with van der Waals surface area (Å²) in [6.45, 7) is 1.86. The Morgan fingerprint density at radius 2 is 1.24 bits per heavy atom. The Kier molecular flexibility index (Phi) is 8.17. The number of benzene rings is 4. The number of fused-ring (bicyclic) bond motifs is 2. The van der Waals surface area contributed by atoms with Gasteiger partial charge in [-0.05, 0) is 110 Å². The molecule has 2 atom stereocenters. The molecule has 8 rings (SSSR count). The molecule has 240 valence electrons. The van der Waals surface area contributed by atoms with Crippen molar-refractivity contribution >= 4 is 0 Å². The zero-order valence-electron chi connectivity index (χ0n) is 27.5. The molecule has 0 saturated carbocycles. The van der Waals surface area contributed by atoms with Crippen LogP contribution in [0.2, 0.25) is 0 Å². The van der Waals surface area contributed by atoms with Crippen LogP contribution in [0.1, 0.15) is 45.5 Å². The maximum atomic E-state index is 7.03. The Labute approximate surface area is 271 Å². The van der Waals surface area contributed by atoms with Gasteiger partial charge in [0.15, 0.2) is 34.5 Å². The van der Waals surface area contributed by atoms with Gasteiger partial charge in [-0.1, -0.05) is 18.2 Å². The van der Waals surface area contributed by atoms with Crippen molar-refractivity contribution in [1.82, 2.24) is 9.80 Å². The molecule has 0 saturated heterocycles. The lowest BCUT2D eigenvalue weighted by Gasteiger charge is -2.37. The van der Waals surface area contributed by atoms with E-state index in [0.29, 0.717) is 40.2 Å². The highest BCUT2D eigenvalue weighted by atomic mass is 16.5. The molecule has 4 heterocycles. The van der Waals surface area contributed by atoms with Gasteiger partial charge < -0.3 is 28.4 Å². The smallest absolute Gasteiger partial charge is 0.204 e. The molecule has 0 spiro atoms. The zero-order valence-corrected chi connectivity index (χ0v) is 27.5. The quantitative estimate of drug-likeness (QED) is 0.238. The largest absolute Gasteiger partial charge is 0.493 e. The molecule has 6 bridgehead atoms. The SMILES string of the molecule is COc1ccc2cc1Oc1ccc(cc1)CC1c3cc(c(OC)cc3CCN1C)Oc1c(OC)c(OC)cc3c1[C@@H](C2)N(C)CC3. The van der Waals surface area contributed by atoms with Crippen LogP contribution >= 0.6 is 0 Å². The normalized spacial score (nSPS) is 19.2. The molecule has 0 N–H and O–H groups in total. The van der Waals surface area contributed by atoms with Crippen LogP contribution in [0.4, 0.5) is 0 Å². The molecule has 8 heteroatoms. The maximum absolute atomic E-state index is 7.03. The lowest BCUT2D eigenvalue weighted by Crippen LogP contribution is -2.34. The Balaban J connectivity index is 1.47. The van der Waals surface area contributed by atoms with E-state index in [4.69, 9.17) is 28.4 Å². The van der Waals surface area contributed by atoms with Crippen molar-refractivity contribution in [1.29, 1.82) is 0 Å². The van der Waals surface area contributed by atoms with E-state index in [9.17, 15) is 0 Å².